The summed E-state index contributed by atoms with van der Waals surface area (Å²) in [4.78, 5) is 10.4. The predicted octanol–water partition coefficient (Wildman–Crippen LogP) is 4.38. The number of rotatable bonds is 7. The molecule has 4 rings (SSSR count). The number of piperidine rings is 1. The molecule has 1 aliphatic rings. The SMILES string of the molecule is CN1CCC(OC(c2nc3ccccc3[nH]2)c2cc(C#CCCCCN)ccc2F)CC1. The van der Waals surface area contributed by atoms with E-state index >= 15 is 4.39 Å². The molecule has 1 unspecified atom stereocenters. The summed E-state index contributed by atoms with van der Waals surface area (Å²) in [6.45, 7) is 2.61. The van der Waals surface area contributed by atoms with Gasteiger partial charge in [-0.1, -0.05) is 24.0 Å². The Hall–Kier alpha value is -2.72. The molecule has 1 aromatic heterocycles. The Morgan fingerprint density at radius 1 is 1.22 bits per heavy atom. The summed E-state index contributed by atoms with van der Waals surface area (Å²) in [5, 5.41) is 0. The number of ether oxygens (including phenoxy) is 1. The van der Waals surface area contributed by atoms with E-state index < -0.39 is 6.10 Å². The van der Waals surface area contributed by atoms with Crippen LogP contribution in [0.25, 0.3) is 11.0 Å². The van der Waals surface area contributed by atoms with Crippen LogP contribution in [-0.4, -0.2) is 47.7 Å². The fourth-order valence-corrected chi connectivity index (χ4v) is 4.04. The summed E-state index contributed by atoms with van der Waals surface area (Å²) in [6.07, 6.45) is 3.97. The molecule has 168 valence electrons. The van der Waals surface area contributed by atoms with Crippen LogP contribution >= 0.6 is 0 Å². The van der Waals surface area contributed by atoms with E-state index in [1.54, 1.807) is 12.1 Å². The molecular formula is C26H31FN4O. The van der Waals surface area contributed by atoms with Crippen LogP contribution in [0.3, 0.4) is 0 Å². The molecule has 0 saturated carbocycles. The summed E-state index contributed by atoms with van der Waals surface area (Å²) >= 11 is 0. The molecule has 0 bridgehead atoms. The Bertz CT molecular complexity index is 1060. The van der Waals surface area contributed by atoms with Gasteiger partial charge in [0.05, 0.1) is 17.1 Å². The molecule has 32 heavy (non-hydrogen) atoms. The summed E-state index contributed by atoms with van der Waals surface area (Å²) in [5.74, 6) is 6.65. The second-order valence-electron chi connectivity index (χ2n) is 8.44. The van der Waals surface area contributed by atoms with Crippen molar-refractivity contribution in [2.45, 2.75) is 44.3 Å². The third-order valence-electron chi connectivity index (χ3n) is 5.92. The number of H-pyrrole nitrogens is 1. The minimum Gasteiger partial charge on any atom is -0.362 e. The van der Waals surface area contributed by atoms with E-state index in [1.165, 1.54) is 6.07 Å². The van der Waals surface area contributed by atoms with Crippen molar-refractivity contribution in [3.8, 4) is 11.8 Å². The Balaban J connectivity index is 1.65. The molecule has 0 spiro atoms. The summed E-state index contributed by atoms with van der Waals surface area (Å²) in [5.41, 5.74) is 8.55. The van der Waals surface area contributed by atoms with Crippen LogP contribution < -0.4 is 5.73 Å². The number of para-hydroxylation sites is 2. The van der Waals surface area contributed by atoms with Gasteiger partial charge in [-0.25, -0.2) is 9.37 Å². The normalized spacial score (nSPS) is 16.1. The number of fused-ring (bicyclic) bond motifs is 1. The first-order chi connectivity index (χ1) is 15.6. The molecule has 6 heteroatoms. The summed E-state index contributed by atoms with van der Waals surface area (Å²) in [7, 11) is 2.11. The van der Waals surface area contributed by atoms with Gasteiger partial charge >= 0.3 is 0 Å². The number of nitrogens with two attached hydrogens (primary N) is 1. The molecule has 0 amide bonds. The average Bonchev–Trinajstić information content (AvgIpc) is 3.24. The second kappa shape index (κ2) is 10.7. The Morgan fingerprint density at radius 2 is 2.03 bits per heavy atom. The number of hydrogen-bond acceptors (Lipinski definition) is 4. The highest BCUT2D eigenvalue weighted by Crippen LogP contribution is 2.32. The van der Waals surface area contributed by atoms with E-state index in [4.69, 9.17) is 15.5 Å². The lowest BCUT2D eigenvalue weighted by molar-refractivity contribution is -0.0276. The Kier molecular flexibility index (Phi) is 7.54. The van der Waals surface area contributed by atoms with E-state index in [0.29, 0.717) is 17.9 Å². The molecule has 3 aromatic rings. The van der Waals surface area contributed by atoms with Crippen LogP contribution in [0.4, 0.5) is 4.39 Å². The molecule has 1 fully saturated rings. The minimum atomic E-state index is -0.616. The lowest BCUT2D eigenvalue weighted by Crippen LogP contribution is -2.35. The van der Waals surface area contributed by atoms with Gasteiger partial charge in [-0.2, -0.15) is 0 Å². The smallest absolute Gasteiger partial charge is 0.143 e. The van der Waals surface area contributed by atoms with Crippen LogP contribution in [0, 0.1) is 17.7 Å². The second-order valence-corrected chi connectivity index (χ2v) is 8.44. The van der Waals surface area contributed by atoms with E-state index in [-0.39, 0.29) is 11.9 Å². The van der Waals surface area contributed by atoms with Crippen LogP contribution in [-0.2, 0) is 4.74 Å². The number of unbranched alkanes of at least 4 members (excludes halogenated alkanes) is 2. The van der Waals surface area contributed by atoms with Gasteiger partial charge in [0.25, 0.3) is 0 Å². The molecule has 1 saturated heterocycles. The van der Waals surface area contributed by atoms with Crippen LogP contribution in [0.2, 0.25) is 0 Å². The highest BCUT2D eigenvalue weighted by molar-refractivity contribution is 5.74. The van der Waals surface area contributed by atoms with Gasteiger partial charge in [0.2, 0.25) is 0 Å². The first kappa shape index (κ1) is 22.5. The molecule has 5 nitrogen and oxygen atoms in total. The first-order valence-electron chi connectivity index (χ1n) is 11.4. The van der Waals surface area contributed by atoms with Crippen LogP contribution in [0.5, 0.6) is 0 Å². The van der Waals surface area contributed by atoms with Gasteiger partial charge in [0, 0.05) is 30.6 Å². The van der Waals surface area contributed by atoms with Crippen molar-refractivity contribution < 1.29 is 9.13 Å². The van der Waals surface area contributed by atoms with Gasteiger partial charge in [0.15, 0.2) is 0 Å². The van der Waals surface area contributed by atoms with Crippen molar-refractivity contribution in [2.24, 2.45) is 5.73 Å². The number of nitrogens with one attached hydrogen (secondary N) is 1. The first-order valence-corrected chi connectivity index (χ1v) is 11.4. The van der Waals surface area contributed by atoms with Crippen molar-refractivity contribution in [2.75, 3.05) is 26.7 Å². The largest absolute Gasteiger partial charge is 0.362 e. The van der Waals surface area contributed by atoms with E-state index in [0.717, 1.165) is 61.8 Å². The van der Waals surface area contributed by atoms with Gasteiger partial charge in [0.1, 0.15) is 17.7 Å². The zero-order chi connectivity index (χ0) is 22.3. The van der Waals surface area contributed by atoms with E-state index in [1.807, 2.05) is 24.3 Å². The maximum atomic E-state index is 15.1. The van der Waals surface area contributed by atoms with Gasteiger partial charge in [-0.15, -0.1) is 0 Å². The van der Waals surface area contributed by atoms with E-state index in [9.17, 15) is 0 Å². The maximum Gasteiger partial charge on any atom is 0.143 e. The number of nitrogens with zero attached hydrogens (tertiary/aromatic N) is 2. The molecule has 2 heterocycles. The van der Waals surface area contributed by atoms with Gasteiger partial charge in [-0.3, -0.25) is 0 Å². The zero-order valence-electron chi connectivity index (χ0n) is 18.6. The quantitative estimate of drug-likeness (QED) is 0.428. The monoisotopic (exact) mass is 434 g/mol. The molecule has 2 aromatic carbocycles. The number of likely N-dealkylation sites (tertiary alicyclic amines) is 1. The molecule has 1 aliphatic heterocycles. The lowest BCUT2D eigenvalue weighted by Gasteiger charge is -2.31. The number of hydrogen-bond donors (Lipinski definition) is 2. The van der Waals surface area contributed by atoms with Crippen LogP contribution in [0.15, 0.2) is 42.5 Å². The highest BCUT2D eigenvalue weighted by atomic mass is 19.1. The summed E-state index contributed by atoms with van der Waals surface area (Å²) in [6, 6.07) is 12.8. The van der Waals surface area contributed by atoms with Crippen molar-refractivity contribution >= 4 is 11.0 Å². The van der Waals surface area contributed by atoms with Crippen molar-refractivity contribution in [3.63, 3.8) is 0 Å². The minimum absolute atomic E-state index is 0.0508. The Labute approximate surface area is 189 Å². The summed E-state index contributed by atoms with van der Waals surface area (Å²) < 4.78 is 21.6. The number of aromatic amines is 1. The fourth-order valence-electron chi connectivity index (χ4n) is 4.04. The number of benzene rings is 2. The number of halogens is 1. The third kappa shape index (κ3) is 5.55. The Morgan fingerprint density at radius 3 is 2.81 bits per heavy atom. The average molecular weight is 435 g/mol. The van der Waals surface area contributed by atoms with Crippen molar-refractivity contribution in [1.29, 1.82) is 0 Å². The molecule has 0 aliphatic carbocycles. The van der Waals surface area contributed by atoms with E-state index in [2.05, 4.69) is 28.8 Å². The topological polar surface area (TPSA) is 67.2 Å². The maximum absolute atomic E-state index is 15.1. The van der Waals surface area contributed by atoms with Crippen LogP contribution in [0.1, 0.15) is 55.2 Å². The zero-order valence-corrected chi connectivity index (χ0v) is 18.6. The third-order valence-corrected chi connectivity index (χ3v) is 5.92. The van der Waals surface area contributed by atoms with Crippen molar-refractivity contribution in [1.82, 2.24) is 14.9 Å². The standard InChI is InChI=1S/C26H31FN4O/c1-31-16-13-20(14-17-31)32-25(26-29-23-9-5-6-10-24(23)30-26)21-18-19(11-12-22(21)27)8-4-2-3-7-15-28/h5-6,9-12,18,20,25H,2-3,7,13-17,28H2,1H3,(H,29,30). The van der Waals surface area contributed by atoms with Crippen molar-refractivity contribution in [3.05, 3.63) is 65.2 Å². The van der Waals surface area contributed by atoms with Gasteiger partial charge < -0.3 is 20.4 Å². The molecule has 0 radical (unpaired) electrons. The highest BCUT2D eigenvalue weighted by Gasteiger charge is 2.28. The molecular weight excluding hydrogens is 403 g/mol. The van der Waals surface area contributed by atoms with Gasteiger partial charge in [-0.05, 0) is 69.6 Å². The number of aromatic nitrogens is 2. The number of imidazole rings is 1. The lowest BCUT2D eigenvalue weighted by atomic mass is 10.0. The fraction of sp³-hybridized carbons (Fsp3) is 0.423. The predicted molar refractivity (Wildman–Crippen MR) is 126 cm³/mol. The molecule has 1 atom stereocenters. The molecule has 3 N–H and O–H groups in total.